The topological polar surface area (TPSA) is 0 Å². The van der Waals surface area contributed by atoms with Gasteiger partial charge in [0.25, 0.3) is 0 Å². The normalized spacial score (nSPS) is 10.7. The first-order valence-corrected chi connectivity index (χ1v) is 10.5. The van der Waals surface area contributed by atoms with E-state index in [0.717, 1.165) is 4.47 Å². The number of rotatable bonds is 2. The van der Waals surface area contributed by atoms with E-state index in [1.54, 1.807) is 0 Å². The van der Waals surface area contributed by atoms with Crippen LogP contribution < -0.4 is 0 Å². The van der Waals surface area contributed by atoms with Gasteiger partial charge in [0.05, 0.1) is 7.18 Å². The first-order valence-electron chi connectivity index (χ1n) is 8.94. The number of hydrogen-bond donors (Lipinski definition) is 0. The number of alkyl halides is 1. The van der Waals surface area contributed by atoms with Crippen LogP contribution in [0.1, 0.15) is 0 Å². The van der Waals surface area contributed by atoms with Crippen molar-refractivity contribution < 1.29 is 4.39 Å². The minimum absolute atomic E-state index is 0.500. The van der Waals surface area contributed by atoms with Gasteiger partial charge >= 0.3 is 0 Å². The van der Waals surface area contributed by atoms with Gasteiger partial charge < -0.3 is 0 Å². The van der Waals surface area contributed by atoms with Gasteiger partial charge in [-0.25, -0.2) is 0 Å². The van der Waals surface area contributed by atoms with Gasteiger partial charge in [-0.2, -0.15) is 0 Å². The predicted octanol–water partition coefficient (Wildman–Crippen LogP) is 8.74. The van der Waals surface area contributed by atoms with E-state index in [9.17, 15) is 4.39 Å². The fraction of sp³-hybridized carbons (Fsp3) is 0.0400. The monoisotopic (exact) mass is 448 g/mol. The molecule has 0 aliphatic heterocycles. The molecule has 0 atom stereocenters. The molecule has 0 fully saturated rings. The Kier molecular flexibility index (Phi) is 5.56. The van der Waals surface area contributed by atoms with Crippen LogP contribution in [-0.2, 0) is 0 Å². The summed E-state index contributed by atoms with van der Waals surface area (Å²) in [6.45, 7) is 0. The molecule has 28 heavy (non-hydrogen) atoms. The number of fused-ring (bicyclic) bond motifs is 3. The zero-order chi connectivity index (χ0) is 19.5. The van der Waals surface area contributed by atoms with Gasteiger partial charge in [0.2, 0.25) is 0 Å². The van der Waals surface area contributed by atoms with Crippen molar-refractivity contribution in [2.24, 2.45) is 0 Å². The molecule has 1 heterocycles. The summed E-state index contributed by atoms with van der Waals surface area (Å²) in [6, 6.07) is 32.5. The molecular formula is C25H18BrFS. The summed E-state index contributed by atoms with van der Waals surface area (Å²) < 4.78 is 13.3. The van der Waals surface area contributed by atoms with Crippen molar-refractivity contribution in [3.63, 3.8) is 0 Å². The molecule has 5 rings (SSSR count). The van der Waals surface area contributed by atoms with Crippen molar-refractivity contribution in [3.8, 4) is 22.3 Å². The van der Waals surface area contributed by atoms with Crippen molar-refractivity contribution in [1.29, 1.82) is 0 Å². The second-order valence-corrected chi connectivity index (χ2v) is 8.34. The summed E-state index contributed by atoms with van der Waals surface area (Å²) in [6.07, 6.45) is 0. The third kappa shape index (κ3) is 3.48. The summed E-state index contributed by atoms with van der Waals surface area (Å²) in [5.74, 6) is 0. The van der Waals surface area contributed by atoms with Crippen LogP contribution >= 0.6 is 27.3 Å². The third-order valence-corrected chi connectivity index (χ3v) is 6.40. The van der Waals surface area contributed by atoms with E-state index in [1.807, 2.05) is 11.3 Å². The van der Waals surface area contributed by atoms with Crippen LogP contribution in [0.3, 0.4) is 0 Å². The van der Waals surface area contributed by atoms with Crippen LogP contribution in [0.25, 0.3) is 42.4 Å². The number of halogens is 2. The zero-order valence-corrected chi connectivity index (χ0v) is 17.7. The Morgan fingerprint density at radius 3 is 2.14 bits per heavy atom. The lowest BCUT2D eigenvalue weighted by atomic mass is 9.98. The van der Waals surface area contributed by atoms with Crippen molar-refractivity contribution in [2.45, 2.75) is 0 Å². The maximum Gasteiger partial charge on any atom is 0.0785 e. The second kappa shape index (κ2) is 8.26. The largest absolute Gasteiger partial charge is 0.255 e. The molecule has 0 aliphatic carbocycles. The Balaban J connectivity index is 0.000000932. The Hall–Kier alpha value is -2.49. The van der Waals surface area contributed by atoms with Crippen LogP contribution in [0.2, 0.25) is 0 Å². The smallest absolute Gasteiger partial charge is 0.0785 e. The molecule has 0 aliphatic rings. The quantitative estimate of drug-likeness (QED) is 0.253. The van der Waals surface area contributed by atoms with Gasteiger partial charge in [0.1, 0.15) is 0 Å². The van der Waals surface area contributed by atoms with E-state index >= 15 is 0 Å². The minimum atomic E-state index is 0.500. The lowest BCUT2D eigenvalue weighted by molar-refractivity contribution is 0.636. The molecule has 0 nitrogen and oxygen atoms in total. The average molecular weight is 449 g/mol. The molecule has 0 saturated carbocycles. The van der Waals surface area contributed by atoms with Gasteiger partial charge in [-0.3, -0.25) is 4.39 Å². The van der Waals surface area contributed by atoms with Crippen LogP contribution in [0, 0.1) is 0 Å². The van der Waals surface area contributed by atoms with E-state index in [4.69, 9.17) is 0 Å². The van der Waals surface area contributed by atoms with Gasteiger partial charge in [-0.1, -0.05) is 82.7 Å². The van der Waals surface area contributed by atoms with Crippen LogP contribution in [0.5, 0.6) is 0 Å². The average Bonchev–Trinajstić information content (AvgIpc) is 3.14. The maximum absolute atomic E-state index is 9.50. The summed E-state index contributed by atoms with van der Waals surface area (Å²) in [4.78, 5) is 0. The Morgan fingerprint density at radius 1 is 0.643 bits per heavy atom. The highest BCUT2D eigenvalue weighted by Gasteiger charge is 2.11. The molecule has 0 radical (unpaired) electrons. The van der Waals surface area contributed by atoms with Crippen molar-refractivity contribution in [1.82, 2.24) is 0 Å². The van der Waals surface area contributed by atoms with Crippen molar-refractivity contribution >= 4 is 47.4 Å². The fourth-order valence-corrected chi connectivity index (χ4v) is 5.25. The highest BCUT2D eigenvalue weighted by molar-refractivity contribution is 9.10. The lowest BCUT2D eigenvalue weighted by Crippen LogP contribution is -1.83. The minimum Gasteiger partial charge on any atom is -0.255 e. The first-order chi connectivity index (χ1) is 13.8. The van der Waals surface area contributed by atoms with Crippen LogP contribution in [0.4, 0.5) is 4.39 Å². The molecule has 138 valence electrons. The Bertz CT molecular complexity index is 1240. The molecule has 0 saturated heterocycles. The zero-order valence-electron chi connectivity index (χ0n) is 15.3. The summed E-state index contributed by atoms with van der Waals surface area (Å²) in [7, 11) is 0.500. The Labute approximate surface area is 176 Å². The Morgan fingerprint density at radius 2 is 1.32 bits per heavy atom. The van der Waals surface area contributed by atoms with E-state index in [2.05, 4.69) is 107 Å². The van der Waals surface area contributed by atoms with Crippen LogP contribution in [0.15, 0.2) is 95.5 Å². The van der Waals surface area contributed by atoms with Gasteiger partial charge in [0, 0.05) is 24.6 Å². The van der Waals surface area contributed by atoms with Gasteiger partial charge in [0.15, 0.2) is 0 Å². The molecule has 0 amide bonds. The van der Waals surface area contributed by atoms with E-state index < -0.39 is 0 Å². The summed E-state index contributed by atoms with van der Waals surface area (Å²) in [5, 5.41) is 2.68. The van der Waals surface area contributed by atoms with Crippen LogP contribution in [-0.4, -0.2) is 7.18 Å². The summed E-state index contributed by atoms with van der Waals surface area (Å²) >= 11 is 5.59. The van der Waals surface area contributed by atoms with E-state index in [0.29, 0.717) is 7.18 Å². The highest BCUT2D eigenvalue weighted by atomic mass is 79.9. The molecule has 0 bridgehead atoms. The molecular weight excluding hydrogens is 431 g/mol. The SMILES string of the molecule is Brc1cc(-c2ccccc2)cc(-c2cccc3c2sc2ccccc23)c1.CF. The molecule has 0 spiro atoms. The van der Waals surface area contributed by atoms with E-state index in [1.165, 1.54) is 42.4 Å². The predicted molar refractivity (Wildman–Crippen MR) is 125 cm³/mol. The second-order valence-electron chi connectivity index (χ2n) is 6.38. The third-order valence-electron chi connectivity index (χ3n) is 4.72. The first kappa shape index (κ1) is 18.9. The van der Waals surface area contributed by atoms with Gasteiger partial charge in [-0.05, 0) is 46.5 Å². The van der Waals surface area contributed by atoms with Crippen molar-refractivity contribution in [2.75, 3.05) is 7.18 Å². The molecule has 4 aromatic carbocycles. The maximum atomic E-state index is 9.50. The molecule has 0 unspecified atom stereocenters. The summed E-state index contributed by atoms with van der Waals surface area (Å²) in [5.41, 5.74) is 5.00. The number of hydrogen-bond acceptors (Lipinski definition) is 1. The van der Waals surface area contributed by atoms with Crippen molar-refractivity contribution in [3.05, 3.63) is 95.5 Å². The fourth-order valence-electron chi connectivity index (χ4n) is 3.52. The highest BCUT2D eigenvalue weighted by Crippen LogP contribution is 2.41. The lowest BCUT2D eigenvalue weighted by Gasteiger charge is -2.09. The molecule has 3 heteroatoms. The van der Waals surface area contributed by atoms with E-state index in [-0.39, 0.29) is 0 Å². The standard InChI is InChI=1S/C24H15BrS.CH3F/c25-19-14-17(16-7-2-1-3-8-16)13-18(15-19)20-10-6-11-22-21-9-4-5-12-23(21)26-24(20)22;1-2/h1-15H;1H3. The molecule has 1 aromatic heterocycles. The number of thiophene rings is 1. The molecule has 5 aromatic rings. The van der Waals surface area contributed by atoms with Gasteiger partial charge in [-0.15, -0.1) is 11.3 Å². The molecule has 0 N–H and O–H groups in total. The number of benzene rings is 4.